The summed E-state index contributed by atoms with van der Waals surface area (Å²) in [6.45, 7) is 3.27. The number of benzene rings is 2. The van der Waals surface area contributed by atoms with Crippen molar-refractivity contribution in [3.05, 3.63) is 71.3 Å². The third-order valence-electron chi connectivity index (χ3n) is 4.43. The Hall–Kier alpha value is -2.62. The average molecular weight is 322 g/mol. The number of carbonyl (C=O) groups is 2. The number of hydrogen-bond donors (Lipinski definition) is 1. The molecule has 0 saturated carbocycles. The number of aryl methyl sites for hydroxylation is 1. The second-order valence-electron chi connectivity index (χ2n) is 6.35. The first kappa shape index (κ1) is 16.2. The van der Waals surface area contributed by atoms with Crippen LogP contribution in [0.25, 0.3) is 0 Å². The average Bonchev–Trinajstić information content (AvgIpc) is 2.96. The van der Waals surface area contributed by atoms with Crippen molar-refractivity contribution in [2.75, 3.05) is 13.1 Å². The molecule has 4 heteroatoms. The van der Waals surface area contributed by atoms with Gasteiger partial charge in [0.25, 0.3) is 0 Å². The number of nitrogens with zero attached hydrogens (tertiary/aromatic N) is 1. The van der Waals surface area contributed by atoms with Gasteiger partial charge in [0.05, 0.1) is 6.54 Å². The third kappa shape index (κ3) is 4.02. The largest absolute Gasteiger partial charge is 0.350 e. The summed E-state index contributed by atoms with van der Waals surface area (Å²) < 4.78 is 0. The molecule has 24 heavy (non-hydrogen) atoms. The first-order valence-electron chi connectivity index (χ1n) is 8.27. The standard InChI is InChI=1S/C20H22N2O2/c1-15-7-9-16(10-8-15)12-21-19(23)14-22-13-18(11-20(22)24)17-5-3-2-4-6-17/h2-10,18H,11-14H2,1H3,(H,21,23). The lowest BCUT2D eigenvalue weighted by Gasteiger charge is -2.16. The fourth-order valence-corrected chi connectivity index (χ4v) is 3.01. The van der Waals surface area contributed by atoms with E-state index in [1.165, 1.54) is 5.56 Å². The van der Waals surface area contributed by atoms with Crippen LogP contribution in [-0.2, 0) is 16.1 Å². The van der Waals surface area contributed by atoms with E-state index in [0.29, 0.717) is 19.5 Å². The lowest BCUT2D eigenvalue weighted by molar-refractivity contribution is -0.133. The predicted molar refractivity (Wildman–Crippen MR) is 93.4 cm³/mol. The number of hydrogen-bond acceptors (Lipinski definition) is 2. The minimum Gasteiger partial charge on any atom is -0.350 e. The molecule has 1 N–H and O–H groups in total. The van der Waals surface area contributed by atoms with E-state index >= 15 is 0 Å². The van der Waals surface area contributed by atoms with Crippen molar-refractivity contribution in [2.24, 2.45) is 0 Å². The van der Waals surface area contributed by atoms with Gasteiger partial charge >= 0.3 is 0 Å². The Balaban J connectivity index is 1.51. The zero-order valence-corrected chi connectivity index (χ0v) is 13.9. The van der Waals surface area contributed by atoms with Crippen molar-refractivity contribution in [3.63, 3.8) is 0 Å². The van der Waals surface area contributed by atoms with Crippen molar-refractivity contribution in [3.8, 4) is 0 Å². The minimum absolute atomic E-state index is 0.0503. The Kier molecular flexibility index (Phi) is 4.94. The third-order valence-corrected chi connectivity index (χ3v) is 4.43. The second-order valence-corrected chi connectivity index (χ2v) is 6.35. The molecule has 1 fully saturated rings. The highest BCUT2D eigenvalue weighted by Gasteiger charge is 2.31. The summed E-state index contributed by atoms with van der Waals surface area (Å²) in [5.41, 5.74) is 3.41. The molecule has 0 radical (unpaired) electrons. The van der Waals surface area contributed by atoms with E-state index in [9.17, 15) is 9.59 Å². The molecule has 3 rings (SSSR count). The van der Waals surface area contributed by atoms with Gasteiger partial charge in [-0.2, -0.15) is 0 Å². The summed E-state index contributed by atoms with van der Waals surface area (Å²) in [7, 11) is 0. The Morgan fingerprint density at radius 2 is 1.83 bits per heavy atom. The summed E-state index contributed by atoms with van der Waals surface area (Å²) in [6.07, 6.45) is 0.481. The zero-order chi connectivity index (χ0) is 16.9. The number of carbonyl (C=O) groups excluding carboxylic acids is 2. The molecule has 1 aliphatic heterocycles. The van der Waals surface area contributed by atoms with Crippen molar-refractivity contribution < 1.29 is 9.59 Å². The molecule has 2 amide bonds. The minimum atomic E-state index is -0.113. The van der Waals surface area contributed by atoms with Gasteiger partial charge in [-0.05, 0) is 18.1 Å². The Morgan fingerprint density at radius 1 is 1.12 bits per heavy atom. The van der Waals surface area contributed by atoms with Crippen LogP contribution in [0.1, 0.15) is 29.0 Å². The van der Waals surface area contributed by atoms with Gasteiger partial charge in [-0.1, -0.05) is 60.2 Å². The number of rotatable bonds is 5. The smallest absolute Gasteiger partial charge is 0.239 e. The molecule has 0 aliphatic carbocycles. The predicted octanol–water partition coefficient (Wildman–Crippen LogP) is 2.63. The molecule has 0 bridgehead atoms. The van der Waals surface area contributed by atoms with E-state index in [2.05, 4.69) is 5.32 Å². The van der Waals surface area contributed by atoms with Crippen LogP contribution < -0.4 is 5.32 Å². The van der Waals surface area contributed by atoms with Gasteiger partial charge in [0.15, 0.2) is 0 Å². The first-order valence-corrected chi connectivity index (χ1v) is 8.27. The lowest BCUT2D eigenvalue weighted by atomic mass is 9.99. The van der Waals surface area contributed by atoms with Crippen LogP contribution in [0.2, 0.25) is 0 Å². The van der Waals surface area contributed by atoms with Crippen LogP contribution in [0.3, 0.4) is 0 Å². The molecule has 0 spiro atoms. The summed E-state index contributed by atoms with van der Waals surface area (Å²) in [5, 5.41) is 2.89. The number of amides is 2. The van der Waals surface area contributed by atoms with Gasteiger partial charge in [0.1, 0.15) is 0 Å². The number of nitrogens with one attached hydrogen (secondary N) is 1. The fraction of sp³-hybridized carbons (Fsp3) is 0.300. The summed E-state index contributed by atoms with van der Waals surface area (Å²) in [4.78, 5) is 25.9. The van der Waals surface area contributed by atoms with Gasteiger partial charge in [-0.3, -0.25) is 9.59 Å². The van der Waals surface area contributed by atoms with E-state index in [-0.39, 0.29) is 24.3 Å². The summed E-state index contributed by atoms with van der Waals surface area (Å²) >= 11 is 0. The van der Waals surface area contributed by atoms with Crippen LogP contribution in [0.4, 0.5) is 0 Å². The van der Waals surface area contributed by atoms with Crippen LogP contribution in [0.5, 0.6) is 0 Å². The normalized spacial score (nSPS) is 17.1. The SMILES string of the molecule is Cc1ccc(CNC(=O)CN2CC(c3ccccc3)CC2=O)cc1. The Morgan fingerprint density at radius 3 is 2.54 bits per heavy atom. The van der Waals surface area contributed by atoms with Crippen LogP contribution in [0.15, 0.2) is 54.6 Å². The molecule has 2 aromatic carbocycles. The zero-order valence-electron chi connectivity index (χ0n) is 13.9. The topological polar surface area (TPSA) is 49.4 Å². The highest BCUT2D eigenvalue weighted by atomic mass is 16.2. The molecule has 1 aliphatic rings. The first-order chi connectivity index (χ1) is 11.6. The van der Waals surface area contributed by atoms with Crippen LogP contribution in [-0.4, -0.2) is 29.8 Å². The Bertz CT molecular complexity index is 710. The molecular formula is C20H22N2O2. The monoisotopic (exact) mass is 322 g/mol. The maximum absolute atomic E-state index is 12.2. The maximum Gasteiger partial charge on any atom is 0.239 e. The molecule has 4 nitrogen and oxygen atoms in total. The van der Waals surface area contributed by atoms with E-state index < -0.39 is 0 Å². The van der Waals surface area contributed by atoms with Gasteiger partial charge < -0.3 is 10.2 Å². The molecular weight excluding hydrogens is 300 g/mol. The van der Waals surface area contributed by atoms with Gasteiger partial charge in [-0.25, -0.2) is 0 Å². The second kappa shape index (κ2) is 7.30. The van der Waals surface area contributed by atoms with Crippen molar-refractivity contribution in [1.29, 1.82) is 0 Å². The molecule has 124 valence electrons. The van der Waals surface area contributed by atoms with Gasteiger partial charge in [0.2, 0.25) is 11.8 Å². The van der Waals surface area contributed by atoms with Crippen LogP contribution in [0, 0.1) is 6.92 Å². The molecule has 1 unspecified atom stereocenters. The van der Waals surface area contributed by atoms with E-state index in [4.69, 9.17) is 0 Å². The van der Waals surface area contributed by atoms with Gasteiger partial charge in [0, 0.05) is 25.4 Å². The van der Waals surface area contributed by atoms with Crippen LogP contribution >= 0.6 is 0 Å². The highest BCUT2D eigenvalue weighted by Crippen LogP contribution is 2.27. The summed E-state index contributed by atoms with van der Waals surface area (Å²) in [6, 6.07) is 18.1. The number of likely N-dealkylation sites (tertiary alicyclic amines) is 1. The molecule has 0 aromatic heterocycles. The van der Waals surface area contributed by atoms with Crippen molar-refractivity contribution in [1.82, 2.24) is 10.2 Å². The van der Waals surface area contributed by atoms with E-state index in [1.54, 1.807) is 4.90 Å². The Labute approximate surface area is 142 Å². The fourth-order valence-electron chi connectivity index (χ4n) is 3.01. The molecule has 2 aromatic rings. The molecule has 1 saturated heterocycles. The van der Waals surface area contributed by atoms with Crippen molar-refractivity contribution >= 4 is 11.8 Å². The molecule has 1 atom stereocenters. The van der Waals surface area contributed by atoms with Gasteiger partial charge in [-0.15, -0.1) is 0 Å². The highest BCUT2D eigenvalue weighted by molar-refractivity contribution is 5.86. The maximum atomic E-state index is 12.2. The van der Waals surface area contributed by atoms with Crippen molar-refractivity contribution in [2.45, 2.75) is 25.8 Å². The van der Waals surface area contributed by atoms with E-state index in [0.717, 1.165) is 11.1 Å². The quantitative estimate of drug-likeness (QED) is 0.920. The molecule has 1 heterocycles. The summed E-state index contributed by atoms with van der Waals surface area (Å²) in [5.74, 6) is 0.121. The van der Waals surface area contributed by atoms with E-state index in [1.807, 2.05) is 61.5 Å². The lowest BCUT2D eigenvalue weighted by Crippen LogP contribution is -2.37.